The third kappa shape index (κ3) is 2.36. The van der Waals surface area contributed by atoms with Crippen LogP contribution in [0.15, 0.2) is 34.9 Å². The molecule has 3 aromatic rings. The van der Waals surface area contributed by atoms with Gasteiger partial charge in [0.25, 0.3) is 0 Å². The Balaban J connectivity index is 2.06. The Morgan fingerprint density at radius 1 is 1.32 bits per heavy atom. The van der Waals surface area contributed by atoms with Gasteiger partial charge in [-0.3, -0.25) is 0 Å². The van der Waals surface area contributed by atoms with Crippen molar-refractivity contribution in [1.29, 1.82) is 0 Å². The molecule has 0 amide bonds. The van der Waals surface area contributed by atoms with E-state index in [0.717, 1.165) is 34.7 Å². The number of halogens is 1. The van der Waals surface area contributed by atoms with Crippen molar-refractivity contribution >= 4 is 22.6 Å². The lowest BCUT2D eigenvalue weighted by atomic mass is 10.3. The van der Waals surface area contributed by atoms with Gasteiger partial charge in [0.1, 0.15) is 17.3 Å². The van der Waals surface area contributed by atoms with Crippen LogP contribution in [0.3, 0.4) is 0 Å². The standard InChI is InChI=1S/C14H14ClN3O/c1-10-8-11(17-19-10)9-18-13-5-3-2-4-12(13)16-14(18)6-7-15/h2-5,8H,6-7,9H2,1H3. The molecule has 0 aliphatic rings. The van der Waals surface area contributed by atoms with E-state index < -0.39 is 0 Å². The number of hydrogen-bond donors (Lipinski definition) is 0. The number of fused-ring (bicyclic) bond motifs is 1. The predicted molar refractivity (Wildman–Crippen MR) is 74.5 cm³/mol. The van der Waals surface area contributed by atoms with E-state index in [1.807, 2.05) is 31.2 Å². The SMILES string of the molecule is Cc1cc(Cn2c(CCCl)nc3ccccc32)no1. The van der Waals surface area contributed by atoms with Crippen LogP contribution in [-0.2, 0) is 13.0 Å². The van der Waals surface area contributed by atoms with E-state index in [2.05, 4.69) is 20.8 Å². The van der Waals surface area contributed by atoms with Crippen molar-refractivity contribution < 1.29 is 4.52 Å². The number of aromatic nitrogens is 3. The Bertz CT molecular complexity index is 702. The molecule has 2 aromatic heterocycles. The molecule has 0 N–H and O–H groups in total. The van der Waals surface area contributed by atoms with Crippen LogP contribution >= 0.6 is 11.6 Å². The van der Waals surface area contributed by atoms with Gasteiger partial charge in [0.2, 0.25) is 0 Å². The summed E-state index contributed by atoms with van der Waals surface area (Å²) in [7, 11) is 0. The highest BCUT2D eigenvalue weighted by atomic mass is 35.5. The summed E-state index contributed by atoms with van der Waals surface area (Å²) < 4.78 is 7.26. The lowest BCUT2D eigenvalue weighted by molar-refractivity contribution is 0.389. The molecule has 0 atom stereocenters. The highest BCUT2D eigenvalue weighted by Gasteiger charge is 2.11. The first-order chi connectivity index (χ1) is 9.28. The van der Waals surface area contributed by atoms with Gasteiger partial charge in [-0.25, -0.2) is 4.98 Å². The zero-order chi connectivity index (χ0) is 13.2. The first-order valence-electron chi connectivity index (χ1n) is 6.20. The summed E-state index contributed by atoms with van der Waals surface area (Å²) >= 11 is 5.86. The summed E-state index contributed by atoms with van der Waals surface area (Å²) in [5, 5.41) is 4.04. The van der Waals surface area contributed by atoms with E-state index in [4.69, 9.17) is 16.1 Å². The van der Waals surface area contributed by atoms with Gasteiger partial charge >= 0.3 is 0 Å². The van der Waals surface area contributed by atoms with Crippen LogP contribution in [0, 0.1) is 6.92 Å². The largest absolute Gasteiger partial charge is 0.361 e. The molecule has 3 rings (SSSR count). The van der Waals surface area contributed by atoms with Crippen LogP contribution in [0.4, 0.5) is 0 Å². The average Bonchev–Trinajstić information content (AvgIpc) is 2.96. The molecule has 5 heteroatoms. The fraction of sp³-hybridized carbons (Fsp3) is 0.286. The van der Waals surface area contributed by atoms with Gasteiger partial charge in [-0.2, -0.15) is 0 Å². The van der Waals surface area contributed by atoms with E-state index in [-0.39, 0.29) is 0 Å². The maximum absolute atomic E-state index is 5.86. The van der Waals surface area contributed by atoms with Gasteiger partial charge in [-0.15, -0.1) is 11.6 Å². The van der Waals surface area contributed by atoms with Crippen LogP contribution in [-0.4, -0.2) is 20.6 Å². The molecule has 0 saturated carbocycles. The first kappa shape index (κ1) is 12.2. The van der Waals surface area contributed by atoms with Crippen LogP contribution in [0.1, 0.15) is 17.3 Å². The third-order valence-electron chi connectivity index (χ3n) is 3.05. The molecule has 1 aromatic carbocycles. The maximum Gasteiger partial charge on any atom is 0.133 e. The van der Waals surface area contributed by atoms with Crippen molar-refractivity contribution in [3.8, 4) is 0 Å². The fourth-order valence-corrected chi connectivity index (χ4v) is 2.40. The number of benzene rings is 1. The third-order valence-corrected chi connectivity index (χ3v) is 3.24. The number of rotatable bonds is 4. The van der Waals surface area contributed by atoms with Crippen LogP contribution < -0.4 is 0 Å². The normalized spacial score (nSPS) is 11.3. The Kier molecular flexibility index (Phi) is 3.25. The maximum atomic E-state index is 5.86. The number of para-hydroxylation sites is 2. The molecule has 0 aliphatic carbocycles. The minimum atomic E-state index is 0.557. The van der Waals surface area contributed by atoms with Gasteiger partial charge in [-0.1, -0.05) is 17.3 Å². The number of aryl methyl sites for hydroxylation is 2. The van der Waals surface area contributed by atoms with Crippen LogP contribution in [0.5, 0.6) is 0 Å². The molecule has 4 nitrogen and oxygen atoms in total. The minimum Gasteiger partial charge on any atom is -0.361 e. The molecular weight excluding hydrogens is 262 g/mol. The number of alkyl halides is 1. The number of hydrogen-bond acceptors (Lipinski definition) is 3. The molecule has 0 bridgehead atoms. The monoisotopic (exact) mass is 275 g/mol. The lowest BCUT2D eigenvalue weighted by Crippen LogP contribution is -2.06. The van der Waals surface area contributed by atoms with E-state index in [1.165, 1.54) is 0 Å². The minimum absolute atomic E-state index is 0.557. The second-order valence-corrected chi connectivity index (χ2v) is 4.85. The summed E-state index contributed by atoms with van der Waals surface area (Å²) in [6.07, 6.45) is 0.743. The Hall–Kier alpha value is -1.81. The summed E-state index contributed by atoms with van der Waals surface area (Å²) in [5.74, 6) is 2.36. The predicted octanol–water partition coefficient (Wildman–Crippen LogP) is 3.16. The molecule has 0 unspecified atom stereocenters. The molecule has 0 aliphatic heterocycles. The molecule has 0 saturated heterocycles. The smallest absolute Gasteiger partial charge is 0.133 e. The van der Waals surface area contributed by atoms with Gasteiger partial charge in [-0.05, 0) is 19.1 Å². The second-order valence-electron chi connectivity index (χ2n) is 4.47. The summed E-state index contributed by atoms with van der Waals surface area (Å²) in [6, 6.07) is 10.0. The van der Waals surface area contributed by atoms with Gasteiger partial charge in [0.15, 0.2) is 0 Å². The summed E-state index contributed by atoms with van der Waals surface area (Å²) in [6.45, 7) is 2.55. The fourth-order valence-electron chi connectivity index (χ4n) is 2.23. The zero-order valence-corrected chi connectivity index (χ0v) is 11.4. The number of nitrogens with zero attached hydrogens (tertiary/aromatic N) is 3. The molecule has 0 fully saturated rings. The Labute approximate surface area is 116 Å². The zero-order valence-electron chi connectivity index (χ0n) is 10.6. The van der Waals surface area contributed by atoms with E-state index >= 15 is 0 Å². The van der Waals surface area contributed by atoms with Gasteiger partial charge < -0.3 is 9.09 Å². The van der Waals surface area contributed by atoms with Crippen molar-refractivity contribution in [2.45, 2.75) is 19.9 Å². The van der Waals surface area contributed by atoms with E-state index in [0.29, 0.717) is 12.4 Å². The summed E-state index contributed by atoms with van der Waals surface area (Å²) in [5.41, 5.74) is 2.99. The van der Waals surface area contributed by atoms with Crippen molar-refractivity contribution in [3.05, 3.63) is 47.6 Å². The quantitative estimate of drug-likeness (QED) is 0.687. The highest BCUT2D eigenvalue weighted by molar-refractivity contribution is 6.17. The molecule has 0 spiro atoms. The molecule has 2 heterocycles. The lowest BCUT2D eigenvalue weighted by Gasteiger charge is -2.05. The van der Waals surface area contributed by atoms with Crippen LogP contribution in [0.25, 0.3) is 11.0 Å². The highest BCUT2D eigenvalue weighted by Crippen LogP contribution is 2.18. The van der Waals surface area contributed by atoms with Gasteiger partial charge in [0, 0.05) is 18.4 Å². The molecule has 98 valence electrons. The molecular formula is C14H14ClN3O. The van der Waals surface area contributed by atoms with Crippen molar-refractivity contribution in [2.75, 3.05) is 5.88 Å². The van der Waals surface area contributed by atoms with E-state index in [1.54, 1.807) is 0 Å². The Morgan fingerprint density at radius 3 is 2.89 bits per heavy atom. The Morgan fingerprint density at radius 2 is 2.16 bits per heavy atom. The van der Waals surface area contributed by atoms with Crippen LogP contribution in [0.2, 0.25) is 0 Å². The van der Waals surface area contributed by atoms with Crippen molar-refractivity contribution in [1.82, 2.24) is 14.7 Å². The van der Waals surface area contributed by atoms with Crippen molar-refractivity contribution in [3.63, 3.8) is 0 Å². The molecule has 19 heavy (non-hydrogen) atoms. The number of imidazole rings is 1. The first-order valence-corrected chi connectivity index (χ1v) is 6.73. The van der Waals surface area contributed by atoms with Crippen molar-refractivity contribution in [2.24, 2.45) is 0 Å². The topological polar surface area (TPSA) is 43.9 Å². The van der Waals surface area contributed by atoms with E-state index in [9.17, 15) is 0 Å². The molecule has 0 radical (unpaired) electrons. The average molecular weight is 276 g/mol. The second kappa shape index (κ2) is 5.05. The summed E-state index contributed by atoms with van der Waals surface area (Å²) in [4.78, 5) is 4.63. The van der Waals surface area contributed by atoms with Gasteiger partial charge in [0.05, 0.1) is 17.6 Å².